The van der Waals surface area contributed by atoms with Crippen molar-refractivity contribution in [2.24, 2.45) is 5.92 Å². The molecule has 2 rings (SSSR count). The molecule has 0 aromatic carbocycles. The topological polar surface area (TPSA) is 38.8 Å². The molecular weight excluding hydrogens is 218 g/mol. The normalized spacial score (nSPS) is 29.9. The molecule has 0 unspecified atom stereocenters. The zero-order valence-electron chi connectivity index (χ0n) is 11.0. The number of rotatable bonds is 1. The number of ether oxygens (including phenoxy) is 2. The second-order valence-electron chi connectivity index (χ2n) is 5.85. The molecule has 1 aliphatic heterocycles. The number of amides is 1. The van der Waals surface area contributed by atoms with E-state index in [-0.39, 0.29) is 6.09 Å². The lowest BCUT2D eigenvalue weighted by atomic mass is 10.0. The SMILES string of the molecule is CO/C=C1\C[C@@H]2C[C@@H]1CN2C(=O)OC(C)(C)C. The van der Waals surface area contributed by atoms with Gasteiger partial charge >= 0.3 is 6.09 Å². The summed E-state index contributed by atoms with van der Waals surface area (Å²) in [5.74, 6) is 0.465. The number of hydrogen-bond acceptors (Lipinski definition) is 3. The Bertz CT molecular complexity index is 343. The van der Waals surface area contributed by atoms with E-state index in [0.29, 0.717) is 12.0 Å². The van der Waals surface area contributed by atoms with Crippen LogP contribution in [0.4, 0.5) is 4.79 Å². The lowest BCUT2D eigenvalue weighted by molar-refractivity contribution is 0.0208. The van der Waals surface area contributed by atoms with Crippen LogP contribution in [0, 0.1) is 5.92 Å². The van der Waals surface area contributed by atoms with Gasteiger partial charge in [0.1, 0.15) is 5.60 Å². The van der Waals surface area contributed by atoms with Crippen LogP contribution in [-0.2, 0) is 9.47 Å². The molecule has 0 radical (unpaired) electrons. The Kier molecular flexibility index (Phi) is 3.06. The molecule has 0 aromatic heterocycles. The molecule has 1 saturated carbocycles. The molecule has 2 aliphatic rings. The van der Waals surface area contributed by atoms with Crippen molar-refractivity contribution < 1.29 is 14.3 Å². The highest BCUT2D eigenvalue weighted by Crippen LogP contribution is 2.42. The van der Waals surface area contributed by atoms with Crippen molar-refractivity contribution in [3.05, 3.63) is 11.8 Å². The van der Waals surface area contributed by atoms with Crippen molar-refractivity contribution in [1.29, 1.82) is 0 Å². The van der Waals surface area contributed by atoms with Gasteiger partial charge in [0.05, 0.1) is 13.4 Å². The summed E-state index contributed by atoms with van der Waals surface area (Å²) in [5.41, 5.74) is 0.918. The molecule has 0 aromatic rings. The molecule has 4 heteroatoms. The molecule has 1 amide bonds. The van der Waals surface area contributed by atoms with Crippen molar-refractivity contribution in [2.75, 3.05) is 13.7 Å². The van der Waals surface area contributed by atoms with Crippen LogP contribution in [0.1, 0.15) is 33.6 Å². The highest BCUT2D eigenvalue weighted by molar-refractivity contribution is 5.69. The third kappa shape index (κ3) is 2.56. The largest absolute Gasteiger partial charge is 0.504 e. The average Bonchev–Trinajstić information content (AvgIpc) is 2.74. The molecule has 4 nitrogen and oxygen atoms in total. The fraction of sp³-hybridized carbons (Fsp3) is 0.769. The summed E-state index contributed by atoms with van der Waals surface area (Å²) >= 11 is 0. The van der Waals surface area contributed by atoms with Gasteiger partial charge in [-0.25, -0.2) is 4.79 Å². The first-order chi connectivity index (χ1) is 7.90. The molecule has 17 heavy (non-hydrogen) atoms. The van der Waals surface area contributed by atoms with Gasteiger partial charge in [-0.3, -0.25) is 0 Å². The smallest absolute Gasteiger partial charge is 0.410 e. The fourth-order valence-corrected chi connectivity index (χ4v) is 2.66. The number of carbonyl (C=O) groups is 1. The molecule has 1 heterocycles. The van der Waals surface area contributed by atoms with Crippen molar-refractivity contribution in [3.8, 4) is 0 Å². The summed E-state index contributed by atoms with van der Waals surface area (Å²) in [4.78, 5) is 13.8. The van der Waals surface area contributed by atoms with Crippen molar-refractivity contribution in [2.45, 2.75) is 45.3 Å². The summed E-state index contributed by atoms with van der Waals surface area (Å²) in [6.45, 7) is 6.47. The van der Waals surface area contributed by atoms with E-state index in [0.717, 1.165) is 19.4 Å². The predicted octanol–water partition coefficient (Wildman–Crippen LogP) is 2.55. The Morgan fingerprint density at radius 3 is 2.65 bits per heavy atom. The molecule has 1 saturated heterocycles. The first-order valence-electron chi connectivity index (χ1n) is 6.12. The maximum absolute atomic E-state index is 12.0. The van der Waals surface area contributed by atoms with E-state index in [9.17, 15) is 4.79 Å². The van der Waals surface area contributed by atoms with Crippen LogP contribution in [0.5, 0.6) is 0 Å². The standard InChI is InChI=1S/C13H21NO3/c1-13(2,3)17-12(15)14-7-9-5-11(14)6-10(9)8-16-4/h8-9,11H,5-7H2,1-4H3/b10-8+/t9-,11+/m1/s1. The zero-order chi connectivity index (χ0) is 12.6. The van der Waals surface area contributed by atoms with Gasteiger partial charge in [0.25, 0.3) is 0 Å². The summed E-state index contributed by atoms with van der Waals surface area (Å²) in [6.07, 6.45) is 3.63. The maximum atomic E-state index is 12.0. The van der Waals surface area contributed by atoms with Gasteiger partial charge in [0, 0.05) is 18.5 Å². The molecule has 1 aliphatic carbocycles. The Morgan fingerprint density at radius 1 is 1.47 bits per heavy atom. The van der Waals surface area contributed by atoms with Crippen LogP contribution in [0.3, 0.4) is 0 Å². The first kappa shape index (κ1) is 12.3. The minimum Gasteiger partial charge on any atom is -0.504 e. The number of piperidine rings is 1. The van der Waals surface area contributed by atoms with E-state index in [4.69, 9.17) is 9.47 Å². The van der Waals surface area contributed by atoms with E-state index in [1.54, 1.807) is 7.11 Å². The van der Waals surface area contributed by atoms with E-state index in [1.807, 2.05) is 31.9 Å². The Labute approximate surface area is 103 Å². The highest BCUT2D eigenvalue weighted by atomic mass is 16.6. The lowest BCUT2D eigenvalue weighted by Crippen LogP contribution is -2.41. The van der Waals surface area contributed by atoms with E-state index in [1.165, 1.54) is 5.57 Å². The van der Waals surface area contributed by atoms with Gasteiger partial charge in [-0.15, -0.1) is 0 Å². The summed E-state index contributed by atoms with van der Waals surface area (Å²) in [6, 6.07) is 0.302. The average molecular weight is 239 g/mol. The minimum absolute atomic E-state index is 0.179. The van der Waals surface area contributed by atoms with Crippen molar-refractivity contribution in [3.63, 3.8) is 0 Å². The Balaban J connectivity index is 1.96. The van der Waals surface area contributed by atoms with E-state index >= 15 is 0 Å². The van der Waals surface area contributed by atoms with Crippen LogP contribution in [0.2, 0.25) is 0 Å². The maximum Gasteiger partial charge on any atom is 0.410 e. The molecule has 2 atom stereocenters. The van der Waals surface area contributed by atoms with Crippen LogP contribution in [0.15, 0.2) is 11.8 Å². The lowest BCUT2D eigenvalue weighted by Gasteiger charge is -2.30. The third-order valence-corrected chi connectivity index (χ3v) is 3.31. The number of likely N-dealkylation sites (tertiary alicyclic amines) is 1. The number of carbonyl (C=O) groups excluding carboxylic acids is 1. The van der Waals surface area contributed by atoms with Gasteiger partial charge < -0.3 is 14.4 Å². The van der Waals surface area contributed by atoms with E-state index < -0.39 is 5.60 Å². The third-order valence-electron chi connectivity index (χ3n) is 3.31. The Hall–Kier alpha value is -1.19. The summed E-state index contributed by atoms with van der Waals surface area (Å²) in [7, 11) is 1.67. The second kappa shape index (κ2) is 4.24. The van der Waals surface area contributed by atoms with Crippen LogP contribution in [0.25, 0.3) is 0 Å². The molecule has 2 fully saturated rings. The van der Waals surface area contributed by atoms with Gasteiger partial charge in [0.15, 0.2) is 0 Å². The molecular formula is C13H21NO3. The highest BCUT2D eigenvalue weighted by Gasteiger charge is 2.44. The molecule has 0 spiro atoms. The van der Waals surface area contributed by atoms with Gasteiger partial charge in [0.2, 0.25) is 0 Å². The molecule has 0 N–H and O–H groups in total. The minimum atomic E-state index is -0.413. The molecule has 96 valence electrons. The van der Waals surface area contributed by atoms with E-state index in [2.05, 4.69) is 0 Å². The van der Waals surface area contributed by atoms with Crippen molar-refractivity contribution in [1.82, 2.24) is 4.90 Å². The second-order valence-corrected chi connectivity index (χ2v) is 5.85. The monoisotopic (exact) mass is 239 g/mol. The van der Waals surface area contributed by atoms with Crippen LogP contribution in [-0.4, -0.2) is 36.3 Å². The number of hydrogen-bond donors (Lipinski definition) is 0. The van der Waals surface area contributed by atoms with Crippen LogP contribution >= 0.6 is 0 Å². The first-order valence-corrected chi connectivity index (χ1v) is 6.12. The number of nitrogens with zero attached hydrogens (tertiary/aromatic N) is 1. The predicted molar refractivity (Wildman–Crippen MR) is 64.5 cm³/mol. The quantitative estimate of drug-likeness (QED) is 0.660. The van der Waals surface area contributed by atoms with Gasteiger partial charge in [-0.05, 0) is 39.2 Å². The van der Waals surface area contributed by atoms with Crippen molar-refractivity contribution >= 4 is 6.09 Å². The fourth-order valence-electron chi connectivity index (χ4n) is 2.66. The Morgan fingerprint density at radius 2 is 2.18 bits per heavy atom. The van der Waals surface area contributed by atoms with Gasteiger partial charge in [-0.2, -0.15) is 0 Å². The summed E-state index contributed by atoms with van der Waals surface area (Å²) in [5, 5.41) is 0. The van der Waals surface area contributed by atoms with Crippen LogP contribution < -0.4 is 0 Å². The summed E-state index contributed by atoms with van der Waals surface area (Å²) < 4.78 is 10.5. The van der Waals surface area contributed by atoms with Gasteiger partial charge in [-0.1, -0.05) is 0 Å². The zero-order valence-corrected chi connectivity index (χ0v) is 11.0. The number of fused-ring (bicyclic) bond motifs is 2. The molecule has 2 bridgehead atoms. The number of methoxy groups -OCH3 is 1.